The highest BCUT2D eigenvalue weighted by Crippen LogP contribution is 2.44. The largest absolute Gasteiger partial charge is 0.479 e. The molecule has 0 radical (unpaired) electrons. The van der Waals surface area contributed by atoms with Crippen molar-refractivity contribution in [3.05, 3.63) is 72.3 Å². The number of likely N-dealkylation sites (tertiary alicyclic amines) is 1. The molecule has 184 valence electrons. The maximum Gasteiger partial charge on any atom is 0.409 e. The van der Waals surface area contributed by atoms with Crippen molar-refractivity contribution in [1.29, 1.82) is 0 Å². The third-order valence-corrected chi connectivity index (χ3v) is 6.65. The summed E-state index contributed by atoms with van der Waals surface area (Å²) in [6.45, 7) is 3.97. The number of fused-ring (bicyclic) bond motifs is 3. The third kappa shape index (κ3) is 5.16. The number of unbranched alkanes of at least 4 members (excludes halogenated alkanes) is 2. The number of amides is 2. The van der Waals surface area contributed by atoms with E-state index < -0.39 is 23.7 Å². The molecule has 0 saturated carbocycles. The SMILES string of the molecule is C=CCCCCOC(=O)N1CC[C@@](NC(=O)OCC2c3ccccc3-c3ccccc32)(C(=O)O)C1. The van der Waals surface area contributed by atoms with Gasteiger partial charge in [-0.2, -0.15) is 0 Å². The molecule has 35 heavy (non-hydrogen) atoms. The van der Waals surface area contributed by atoms with E-state index in [0.29, 0.717) is 6.42 Å². The Morgan fingerprint density at radius 3 is 2.34 bits per heavy atom. The summed E-state index contributed by atoms with van der Waals surface area (Å²) in [4.78, 5) is 38.5. The molecule has 2 aromatic carbocycles. The molecule has 8 nitrogen and oxygen atoms in total. The number of carbonyl (C=O) groups excluding carboxylic acids is 2. The number of rotatable bonds is 9. The first-order valence-corrected chi connectivity index (χ1v) is 11.8. The van der Waals surface area contributed by atoms with Crippen molar-refractivity contribution in [2.75, 3.05) is 26.3 Å². The first-order valence-electron chi connectivity index (χ1n) is 11.8. The minimum Gasteiger partial charge on any atom is -0.479 e. The van der Waals surface area contributed by atoms with E-state index in [9.17, 15) is 19.5 Å². The normalized spacial score (nSPS) is 18.5. The van der Waals surface area contributed by atoms with E-state index in [1.165, 1.54) is 4.90 Å². The van der Waals surface area contributed by atoms with Crippen LogP contribution in [-0.2, 0) is 14.3 Å². The molecule has 0 aromatic heterocycles. The average molecular weight is 479 g/mol. The lowest BCUT2D eigenvalue weighted by Gasteiger charge is -2.26. The Balaban J connectivity index is 1.35. The Bertz CT molecular complexity index is 1070. The highest BCUT2D eigenvalue weighted by Gasteiger charge is 2.48. The zero-order valence-corrected chi connectivity index (χ0v) is 19.6. The fraction of sp³-hybridized carbons (Fsp3) is 0.370. The van der Waals surface area contributed by atoms with Crippen molar-refractivity contribution in [3.8, 4) is 11.1 Å². The van der Waals surface area contributed by atoms with Crippen molar-refractivity contribution in [1.82, 2.24) is 10.2 Å². The Hall–Kier alpha value is -3.81. The molecule has 0 unspecified atom stereocenters. The number of carboxylic acid groups (broad SMARTS) is 1. The lowest BCUT2D eigenvalue weighted by atomic mass is 9.98. The van der Waals surface area contributed by atoms with Crippen LogP contribution in [0.1, 0.15) is 42.7 Å². The fourth-order valence-electron chi connectivity index (χ4n) is 4.77. The van der Waals surface area contributed by atoms with Crippen LogP contribution in [0.15, 0.2) is 61.2 Å². The molecular formula is C27H30N2O6. The molecule has 2 aliphatic rings. The number of nitrogens with zero attached hydrogens (tertiary/aromatic N) is 1. The van der Waals surface area contributed by atoms with Crippen LogP contribution in [0.2, 0.25) is 0 Å². The fourth-order valence-corrected chi connectivity index (χ4v) is 4.77. The summed E-state index contributed by atoms with van der Waals surface area (Å²) in [5.41, 5.74) is 2.72. The molecule has 4 rings (SSSR count). The molecule has 1 fully saturated rings. The summed E-state index contributed by atoms with van der Waals surface area (Å²) in [6.07, 6.45) is 2.87. The van der Waals surface area contributed by atoms with Gasteiger partial charge in [0.25, 0.3) is 0 Å². The van der Waals surface area contributed by atoms with Gasteiger partial charge in [-0.3, -0.25) is 0 Å². The van der Waals surface area contributed by atoms with Gasteiger partial charge in [0.15, 0.2) is 5.54 Å². The predicted molar refractivity (Wildman–Crippen MR) is 130 cm³/mol. The number of allylic oxidation sites excluding steroid dienone is 1. The molecule has 2 amide bonds. The minimum absolute atomic E-state index is 0.0676. The maximum atomic E-state index is 12.7. The number of aliphatic carboxylic acids is 1. The van der Waals surface area contributed by atoms with Crippen LogP contribution in [-0.4, -0.2) is 60.0 Å². The predicted octanol–water partition coefficient (Wildman–Crippen LogP) is 4.55. The molecule has 1 aliphatic heterocycles. The van der Waals surface area contributed by atoms with Gasteiger partial charge in [-0.05, 0) is 41.5 Å². The van der Waals surface area contributed by atoms with E-state index in [1.54, 1.807) is 6.08 Å². The first-order chi connectivity index (χ1) is 16.9. The molecule has 1 atom stereocenters. The molecule has 2 N–H and O–H groups in total. The molecule has 2 aromatic rings. The number of ether oxygens (including phenoxy) is 2. The number of hydrogen-bond acceptors (Lipinski definition) is 5. The van der Waals surface area contributed by atoms with E-state index in [2.05, 4.69) is 11.9 Å². The Kier molecular flexibility index (Phi) is 7.39. The monoisotopic (exact) mass is 478 g/mol. The van der Waals surface area contributed by atoms with Gasteiger partial charge >= 0.3 is 18.2 Å². The minimum atomic E-state index is -1.62. The summed E-state index contributed by atoms with van der Waals surface area (Å²) >= 11 is 0. The highest BCUT2D eigenvalue weighted by molar-refractivity contribution is 5.86. The lowest BCUT2D eigenvalue weighted by Crippen LogP contribution is -2.56. The number of alkyl carbamates (subject to hydrolysis) is 1. The van der Waals surface area contributed by atoms with Crippen molar-refractivity contribution in [2.45, 2.75) is 37.1 Å². The van der Waals surface area contributed by atoms with Crippen LogP contribution in [0, 0.1) is 0 Å². The van der Waals surface area contributed by atoms with E-state index in [0.717, 1.165) is 35.1 Å². The Morgan fingerprint density at radius 2 is 1.71 bits per heavy atom. The zero-order valence-electron chi connectivity index (χ0n) is 19.6. The number of nitrogens with one attached hydrogen (secondary N) is 1. The van der Waals surface area contributed by atoms with Crippen LogP contribution in [0.5, 0.6) is 0 Å². The molecular weight excluding hydrogens is 448 g/mol. The molecule has 0 bridgehead atoms. The second-order valence-corrected chi connectivity index (χ2v) is 8.91. The summed E-state index contributed by atoms with van der Waals surface area (Å²) in [6, 6.07) is 15.9. The Labute approximate surface area is 204 Å². The van der Waals surface area contributed by atoms with Gasteiger partial charge in [0.1, 0.15) is 6.61 Å². The lowest BCUT2D eigenvalue weighted by molar-refractivity contribution is -0.144. The summed E-state index contributed by atoms with van der Waals surface area (Å²) in [7, 11) is 0. The molecule has 1 heterocycles. The molecule has 1 saturated heterocycles. The van der Waals surface area contributed by atoms with Crippen molar-refractivity contribution < 1.29 is 29.0 Å². The number of carboxylic acids is 1. The smallest absolute Gasteiger partial charge is 0.409 e. The van der Waals surface area contributed by atoms with Crippen molar-refractivity contribution in [2.24, 2.45) is 0 Å². The van der Waals surface area contributed by atoms with Crippen molar-refractivity contribution >= 4 is 18.2 Å². The zero-order chi connectivity index (χ0) is 24.8. The van der Waals surface area contributed by atoms with E-state index >= 15 is 0 Å². The summed E-state index contributed by atoms with van der Waals surface area (Å²) < 4.78 is 10.8. The van der Waals surface area contributed by atoms with Crippen LogP contribution in [0.3, 0.4) is 0 Å². The summed E-state index contributed by atoms with van der Waals surface area (Å²) in [5.74, 6) is -1.35. The maximum absolute atomic E-state index is 12.7. The Morgan fingerprint density at radius 1 is 1.06 bits per heavy atom. The van der Waals surface area contributed by atoms with Crippen LogP contribution < -0.4 is 5.32 Å². The standard InChI is InChI=1S/C27H30N2O6/c1-2-3-4-9-16-34-26(33)29-15-14-27(18-29,24(30)31)28-25(32)35-17-23-21-12-7-5-10-19(21)20-11-6-8-13-22(20)23/h2,5-8,10-13,23H,1,3-4,9,14-18H2,(H,28,32)(H,30,31)/t27-/m0/s1. The van der Waals surface area contributed by atoms with Crippen LogP contribution in [0.25, 0.3) is 11.1 Å². The van der Waals surface area contributed by atoms with Gasteiger partial charge in [-0.1, -0.05) is 54.6 Å². The van der Waals surface area contributed by atoms with Crippen LogP contribution >= 0.6 is 0 Å². The topological polar surface area (TPSA) is 105 Å². The molecule has 1 aliphatic carbocycles. The van der Waals surface area contributed by atoms with Gasteiger partial charge in [-0.25, -0.2) is 14.4 Å². The second kappa shape index (κ2) is 10.6. The molecule has 8 heteroatoms. The van der Waals surface area contributed by atoms with Gasteiger partial charge in [0, 0.05) is 18.9 Å². The summed E-state index contributed by atoms with van der Waals surface area (Å²) in [5, 5.41) is 12.4. The average Bonchev–Trinajstić information content (AvgIpc) is 3.43. The third-order valence-electron chi connectivity index (χ3n) is 6.65. The number of benzene rings is 2. The number of carbonyl (C=O) groups is 3. The number of hydrogen-bond donors (Lipinski definition) is 2. The van der Waals surface area contributed by atoms with E-state index in [4.69, 9.17) is 9.47 Å². The quantitative estimate of drug-likeness (QED) is 0.405. The van der Waals surface area contributed by atoms with E-state index in [-0.39, 0.29) is 38.6 Å². The van der Waals surface area contributed by atoms with Gasteiger partial charge in [0.05, 0.1) is 13.2 Å². The molecule has 0 spiro atoms. The van der Waals surface area contributed by atoms with Gasteiger partial charge in [0.2, 0.25) is 0 Å². The van der Waals surface area contributed by atoms with E-state index in [1.807, 2.05) is 48.5 Å². The van der Waals surface area contributed by atoms with Crippen molar-refractivity contribution in [3.63, 3.8) is 0 Å². The van der Waals surface area contributed by atoms with Gasteiger partial charge < -0.3 is 24.8 Å². The van der Waals surface area contributed by atoms with Crippen LogP contribution in [0.4, 0.5) is 9.59 Å². The second-order valence-electron chi connectivity index (χ2n) is 8.91. The first kappa shape index (κ1) is 24.3. The highest BCUT2D eigenvalue weighted by atomic mass is 16.6. The van der Waals surface area contributed by atoms with Gasteiger partial charge in [-0.15, -0.1) is 6.58 Å².